The first-order chi connectivity index (χ1) is 10.5. The summed E-state index contributed by atoms with van der Waals surface area (Å²) in [5.41, 5.74) is -0.270. The molecular formula is C19H28O4. The Balaban J connectivity index is 3.00. The van der Waals surface area contributed by atoms with E-state index in [1.54, 1.807) is 0 Å². The number of rotatable bonds is 7. The highest BCUT2D eigenvalue weighted by atomic mass is 16.6. The molecule has 1 rings (SSSR count). The van der Waals surface area contributed by atoms with Gasteiger partial charge < -0.3 is 9.47 Å². The third kappa shape index (κ3) is 6.05. The predicted molar refractivity (Wildman–Crippen MR) is 89.9 cm³/mol. The number of esters is 2. The lowest BCUT2D eigenvalue weighted by atomic mass is 9.75. The Morgan fingerprint density at radius 2 is 1.35 bits per heavy atom. The van der Waals surface area contributed by atoms with Crippen LogP contribution < -0.4 is 0 Å². The van der Waals surface area contributed by atoms with Gasteiger partial charge in [0, 0.05) is 19.8 Å². The number of carbonyl (C=O) groups is 2. The van der Waals surface area contributed by atoms with Crippen LogP contribution in [0.5, 0.6) is 0 Å². The van der Waals surface area contributed by atoms with Gasteiger partial charge in [-0.15, -0.1) is 0 Å². The van der Waals surface area contributed by atoms with Gasteiger partial charge in [0.1, 0.15) is 11.2 Å². The largest absolute Gasteiger partial charge is 0.459 e. The zero-order chi connectivity index (χ0) is 17.7. The third-order valence-corrected chi connectivity index (χ3v) is 4.06. The van der Waals surface area contributed by atoms with Crippen LogP contribution >= 0.6 is 0 Å². The summed E-state index contributed by atoms with van der Waals surface area (Å²) in [7, 11) is 0. The Morgan fingerprint density at radius 1 is 0.913 bits per heavy atom. The summed E-state index contributed by atoms with van der Waals surface area (Å²) in [4.78, 5) is 22.9. The van der Waals surface area contributed by atoms with Crippen LogP contribution in [0.15, 0.2) is 30.3 Å². The van der Waals surface area contributed by atoms with Crippen LogP contribution in [0.2, 0.25) is 0 Å². The van der Waals surface area contributed by atoms with Crippen molar-refractivity contribution in [2.45, 2.75) is 65.6 Å². The molecule has 4 heteroatoms. The Kier molecular flexibility index (Phi) is 6.37. The third-order valence-electron chi connectivity index (χ3n) is 4.06. The molecule has 0 aliphatic heterocycles. The minimum Gasteiger partial charge on any atom is -0.459 e. The van der Waals surface area contributed by atoms with Crippen molar-refractivity contribution in [3.8, 4) is 0 Å². The highest BCUT2D eigenvalue weighted by Crippen LogP contribution is 2.37. The van der Waals surface area contributed by atoms with Crippen LogP contribution in [0.3, 0.4) is 0 Å². The fourth-order valence-corrected chi connectivity index (χ4v) is 3.37. The normalized spacial score (nSPS) is 12.1. The summed E-state index contributed by atoms with van der Waals surface area (Å²) in [5.74, 6) is -0.806. The fraction of sp³-hybridized carbons (Fsp3) is 0.579. The second kappa shape index (κ2) is 7.62. The molecule has 0 amide bonds. The first kappa shape index (κ1) is 19.2. The van der Waals surface area contributed by atoms with Crippen molar-refractivity contribution in [3.63, 3.8) is 0 Å². The molecular weight excluding hydrogens is 292 g/mol. The molecule has 0 bridgehead atoms. The van der Waals surface area contributed by atoms with Crippen LogP contribution in [-0.2, 0) is 25.5 Å². The Morgan fingerprint density at radius 3 is 1.74 bits per heavy atom. The number of hydrogen-bond acceptors (Lipinski definition) is 4. The predicted octanol–water partition coefficient (Wildman–Crippen LogP) is 3.92. The van der Waals surface area contributed by atoms with Crippen molar-refractivity contribution < 1.29 is 19.1 Å². The molecule has 0 spiro atoms. The SMILES string of the molecule is CC(=O)OC(C)(C)C(CCc1ccccc1)C(C)(C)OC(C)=O. The van der Waals surface area contributed by atoms with Crippen molar-refractivity contribution in [2.24, 2.45) is 5.92 Å². The van der Waals surface area contributed by atoms with Crippen molar-refractivity contribution >= 4 is 11.9 Å². The van der Waals surface area contributed by atoms with Crippen molar-refractivity contribution in [3.05, 3.63) is 35.9 Å². The maximum absolute atomic E-state index is 11.5. The zero-order valence-corrected chi connectivity index (χ0v) is 15.0. The molecule has 23 heavy (non-hydrogen) atoms. The Labute approximate surface area is 139 Å². The molecule has 1 aromatic rings. The van der Waals surface area contributed by atoms with E-state index >= 15 is 0 Å². The molecule has 0 N–H and O–H groups in total. The lowest BCUT2D eigenvalue weighted by molar-refractivity contribution is -0.183. The van der Waals surface area contributed by atoms with Gasteiger partial charge in [0.05, 0.1) is 0 Å². The molecule has 0 saturated heterocycles. The average Bonchev–Trinajstić information content (AvgIpc) is 2.36. The van der Waals surface area contributed by atoms with E-state index < -0.39 is 11.2 Å². The molecule has 128 valence electrons. The Bertz CT molecular complexity index is 504. The van der Waals surface area contributed by atoms with Gasteiger partial charge >= 0.3 is 11.9 Å². The van der Waals surface area contributed by atoms with E-state index in [1.807, 2.05) is 45.9 Å². The van der Waals surface area contributed by atoms with Crippen molar-refractivity contribution in [1.82, 2.24) is 0 Å². The first-order valence-corrected chi connectivity index (χ1v) is 7.97. The smallest absolute Gasteiger partial charge is 0.303 e. The van der Waals surface area contributed by atoms with Crippen LogP contribution in [0.4, 0.5) is 0 Å². The number of hydrogen-bond donors (Lipinski definition) is 0. The van der Waals surface area contributed by atoms with Crippen LogP contribution in [-0.4, -0.2) is 23.1 Å². The topological polar surface area (TPSA) is 52.6 Å². The molecule has 0 aromatic heterocycles. The summed E-state index contributed by atoms with van der Waals surface area (Å²) in [6.07, 6.45) is 1.56. The number of aryl methyl sites for hydroxylation is 1. The van der Waals surface area contributed by atoms with E-state index in [0.29, 0.717) is 0 Å². The standard InChI is InChI=1S/C19H28O4/c1-14(20)22-18(3,4)17(19(5,6)23-15(2)21)13-12-16-10-8-7-9-11-16/h7-11,17H,12-13H2,1-6H3. The van der Waals surface area contributed by atoms with Gasteiger partial charge in [-0.3, -0.25) is 9.59 Å². The monoisotopic (exact) mass is 320 g/mol. The minimum absolute atomic E-state index is 0.136. The molecule has 0 aliphatic carbocycles. The lowest BCUT2D eigenvalue weighted by Gasteiger charge is -2.43. The molecule has 0 heterocycles. The van der Waals surface area contributed by atoms with Crippen LogP contribution in [0.1, 0.15) is 53.5 Å². The Hall–Kier alpha value is -1.84. The second-order valence-electron chi connectivity index (χ2n) is 6.97. The second-order valence-corrected chi connectivity index (χ2v) is 6.97. The van der Waals surface area contributed by atoms with E-state index in [0.717, 1.165) is 12.8 Å². The van der Waals surface area contributed by atoms with E-state index in [4.69, 9.17) is 9.47 Å². The lowest BCUT2D eigenvalue weighted by Crippen LogP contribution is -2.50. The van der Waals surface area contributed by atoms with Gasteiger partial charge in [0.15, 0.2) is 0 Å². The van der Waals surface area contributed by atoms with Gasteiger partial charge in [0.25, 0.3) is 0 Å². The van der Waals surface area contributed by atoms with Crippen molar-refractivity contribution in [2.75, 3.05) is 0 Å². The summed E-state index contributed by atoms with van der Waals surface area (Å²) < 4.78 is 11.1. The van der Waals surface area contributed by atoms with E-state index in [1.165, 1.54) is 19.4 Å². The number of ether oxygens (including phenoxy) is 2. The van der Waals surface area contributed by atoms with Gasteiger partial charge in [-0.25, -0.2) is 0 Å². The highest BCUT2D eigenvalue weighted by molar-refractivity contribution is 5.67. The average molecular weight is 320 g/mol. The first-order valence-electron chi connectivity index (χ1n) is 7.97. The maximum Gasteiger partial charge on any atom is 0.303 e. The van der Waals surface area contributed by atoms with Crippen molar-refractivity contribution in [1.29, 1.82) is 0 Å². The van der Waals surface area contributed by atoms with Crippen LogP contribution in [0, 0.1) is 5.92 Å². The van der Waals surface area contributed by atoms with Gasteiger partial charge in [-0.05, 0) is 46.1 Å². The number of carbonyl (C=O) groups excluding carboxylic acids is 2. The van der Waals surface area contributed by atoms with Gasteiger partial charge in [-0.1, -0.05) is 30.3 Å². The molecule has 1 aromatic carbocycles. The minimum atomic E-state index is -0.737. The molecule has 0 saturated carbocycles. The summed E-state index contributed by atoms with van der Waals surface area (Å²) in [6.45, 7) is 10.3. The van der Waals surface area contributed by atoms with Gasteiger partial charge in [0.2, 0.25) is 0 Å². The molecule has 0 radical (unpaired) electrons. The fourth-order valence-electron chi connectivity index (χ4n) is 3.37. The molecule has 4 nitrogen and oxygen atoms in total. The highest BCUT2D eigenvalue weighted by Gasteiger charge is 2.44. The van der Waals surface area contributed by atoms with Gasteiger partial charge in [-0.2, -0.15) is 0 Å². The molecule has 0 aliphatic rings. The van der Waals surface area contributed by atoms with E-state index in [-0.39, 0.29) is 17.9 Å². The van der Waals surface area contributed by atoms with E-state index in [9.17, 15) is 9.59 Å². The van der Waals surface area contributed by atoms with E-state index in [2.05, 4.69) is 12.1 Å². The molecule has 0 unspecified atom stereocenters. The summed E-state index contributed by atoms with van der Waals surface area (Å²) in [6, 6.07) is 10.1. The molecule has 0 fully saturated rings. The maximum atomic E-state index is 11.5. The quantitative estimate of drug-likeness (QED) is 0.715. The molecule has 0 atom stereocenters. The number of benzene rings is 1. The summed E-state index contributed by atoms with van der Waals surface area (Å²) >= 11 is 0. The van der Waals surface area contributed by atoms with Crippen LogP contribution in [0.25, 0.3) is 0 Å². The summed E-state index contributed by atoms with van der Waals surface area (Å²) in [5, 5.41) is 0. The zero-order valence-electron chi connectivity index (χ0n) is 15.0.